The summed E-state index contributed by atoms with van der Waals surface area (Å²) in [5.74, 6) is 1.29. The van der Waals surface area contributed by atoms with E-state index in [0.717, 1.165) is 5.75 Å². The number of ether oxygens (including phenoxy) is 2. The molecule has 7 heteroatoms. The first-order valence-corrected chi connectivity index (χ1v) is 9.42. The van der Waals surface area contributed by atoms with E-state index < -0.39 is 10.0 Å². The fourth-order valence-electron chi connectivity index (χ4n) is 2.08. The number of hydrogen-bond donors (Lipinski definition) is 1. The third-order valence-electron chi connectivity index (χ3n) is 3.21. The number of benzene rings is 2. The van der Waals surface area contributed by atoms with E-state index in [1.807, 2.05) is 0 Å². The molecule has 0 saturated heterocycles. The van der Waals surface area contributed by atoms with Gasteiger partial charge in [0.15, 0.2) is 0 Å². The quantitative estimate of drug-likeness (QED) is 0.775. The molecule has 0 aromatic heterocycles. The van der Waals surface area contributed by atoms with E-state index in [4.69, 9.17) is 21.1 Å². The van der Waals surface area contributed by atoms with Gasteiger partial charge in [0, 0.05) is 5.02 Å². The Morgan fingerprint density at radius 3 is 2.21 bits per heavy atom. The average molecular weight is 370 g/mol. The Kier molecular flexibility index (Phi) is 6.48. The molecule has 130 valence electrons. The molecule has 0 saturated carbocycles. The summed E-state index contributed by atoms with van der Waals surface area (Å²) in [6.45, 7) is 1.98. The zero-order valence-electron chi connectivity index (χ0n) is 13.5. The largest absolute Gasteiger partial charge is 0.497 e. The Morgan fingerprint density at radius 2 is 1.62 bits per heavy atom. The van der Waals surface area contributed by atoms with Crippen LogP contribution in [0.5, 0.6) is 11.5 Å². The smallest absolute Gasteiger partial charge is 0.216 e. The molecule has 1 N–H and O–H groups in total. The van der Waals surface area contributed by atoms with Crippen LogP contribution >= 0.6 is 11.6 Å². The van der Waals surface area contributed by atoms with Crippen LogP contribution in [0, 0.1) is 0 Å². The SMILES string of the molecule is COc1ccc(OCC(C)NS(=O)(=O)Cc2ccc(Cl)cc2)cc1. The zero-order chi connectivity index (χ0) is 17.6. The van der Waals surface area contributed by atoms with Crippen LogP contribution in [0.2, 0.25) is 5.02 Å². The molecule has 1 unspecified atom stereocenters. The van der Waals surface area contributed by atoms with Gasteiger partial charge in [-0.1, -0.05) is 23.7 Å². The number of methoxy groups -OCH3 is 1. The minimum Gasteiger partial charge on any atom is -0.497 e. The first kappa shape index (κ1) is 18.6. The highest BCUT2D eigenvalue weighted by molar-refractivity contribution is 7.88. The highest BCUT2D eigenvalue weighted by atomic mass is 35.5. The minimum absolute atomic E-state index is 0.100. The first-order chi connectivity index (χ1) is 11.4. The van der Waals surface area contributed by atoms with Crippen LogP contribution in [0.15, 0.2) is 48.5 Å². The third-order valence-corrected chi connectivity index (χ3v) is 4.94. The topological polar surface area (TPSA) is 64.6 Å². The Balaban J connectivity index is 1.85. The number of nitrogens with one attached hydrogen (secondary N) is 1. The average Bonchev–Trinajstić information content (AvgIpc) is 2.55. The van der Waals surface area contributed by atoms with Gasteiger partial charge in [-0.25, -0.2) is 13.1 Å². The van der Waals surface area contributed by atoms with Crippen LogP contribution in [-0.4, -0.2) is 28.2 Å². The van der Waals surface area contributed by atoms with Crippen molar-refractivity contribution >= 4 is 21.6 Å². The van der Waals surface area contributed by atoms with Crippen molar-refractivity contribution in [1.82, 2.24) is 4.72 Å². The summed E-state index contributed by atoms with van der Waals surface area (Å²) in [6.07, 6.45) is 0. The molecule has 1 atom stereocenters. The second-order valence-corrected chi connectivity index (χ2v) is 7.58. The van der Waals surface area contributed by atoms with E-state index >= 15 is 0 Å². The van der Waals surface area contributed by atoms with Gasteiger partial charge in [-0.05, 0) is 48.9 Å². The molecule has 2 aromatic carbocycles. The summed E-state index contributed by atoms with van der Waals surface area (Å²) in [5.41, 5.74) is 0.676. The molecule has 0 aliphatic carbocycles. The van der Waals surface area contributed by atoms with Crippen molar-refractivity contribution in [1.29, 1.82) is 0 Å². The maximum atomic E-state index is 12.2. The Morgan fingerprint density at radius 1 is 1.04 bits per heavy atom. The van der Waals surface area contributed by atoms with Gasteiger partial charge >= 0.3 is 0 Å². The van der Waals surface area contributed by atoms with Crippen molar-refractivity contribution in [2.75, 3.05) is 13.7 Å². The number of halogens is 1. The van der Waals surface area contributed by atoms with Crippen LogP contribution in [0.1, 0.15) is 12.5 Å². The molecular weight excluding hydrogens is 350 g/mol. The normalized spacial score (nSPS) is 12.6. The molecule has 0 spiro atoms. The van der Waals surface area contributed by atoms with Crippen LogP contribution in [0.4, 0.5) is 0 Å². The van der Waals surface area contributed by atoms with E-state index in [1.54, 1.807) is 62.6 Å². The van der Waals surface area contributed by atoms with Crippen LogP contribution in [-0.2, 0) is 15.8 Å². The van der Waals surface area contributed by atoms with Gasteiger partial charge in [-0.2, -0.15) is 0 Å². The molecule has 2 rings (SSSR count). The van der Waals surface area contributed by atoms with Gasteiger partial charge in [-0.15, -0.1) is 0 Å². The maximum absolute atomic E-state index is 12.2. The minimum atomic E-state index is -3.45. The highest BCUT2D eigenvalue weighted by Crippen LogP contribution is 2.17. The van der Waals surface area contributed by atoms with Crippen LogP contribution in [0.3, 0.4) is 0 Å². The molecule has 0 radical (unpaired) electrons. The van der Waals surface area contributed by atoms with Crippen molar-refractivity contribution in [3.8, 4) is 11.5 Å². The van der Waals surface area contributed by atoms with Crippen LogP contribution < -0.4 is 14.2 Å². The van der Waals surface area contributed by atoms with Crippen molar-refractivity contribution < 1.29 is 17.9 Å². The van der Waals surface area contributed by atoms with Crippen LogP contribution in [0.25, 0.3) is 0 Å². The number of rotatable bonds is 8. The Labute approximate surface area is 147 Å². The van der Waals surface area contributed by atoms with Crippen molar-refractivity contribution in [3.05, 3.63) is 59.1 Å². The predicted octanol–water partition coefficient (Wildman–Crippen LogP) is 3.24. The second-order valence-electron chi connectivity index (χ2n) is 5.39. The maximum Gasteiger partial charge on any atom is 0.216 e. The predicted molar refractivity (Wildman–Crippen MR) is 95.2 cm³/mol. The molecule has 2 aromatic rings. The summed E-state index contributed by atoms with van der Waals surface area (Å²) in [4.78, 5) is 0. The fraction of sp³-hybridized carbons (Fsp3) is 0.294. The highest BCUT2D eigenvalue weighted by Gasteiger charge is 2.16. The lowest BCUT2D eigenvalue weighted by Crippen LogP contribution is -2.37. The lowest BCUT2D eigenvalue weighted by Gasteiger charge is -2.15. The molecule has 0 aliphatic rings. The Bertz CT molecular complexity index is 745. The van der Waals surface area contributed by atoms with Gasteiger partial charge in [0.1, 0.15) is 18.1 Å². The van der Waals surface area contributed by atoms with E-state index in [9.17, 15) is 8.42 Å². The molecule has 0 fully saturated rings. The second kappa shape index (κ2) is 8.37. The van der Waals surface area contributed by atoms with E-state index in [-0.39, 0.29) is 18.4 Å². The summed E-state index contributed by atoms with van der Waals surface area (Å²) in [6, 6.07) is 13.5. The van der Waals surface area contributed by atoms with Crippen molar-refractivity contribution in [2.24, 2.45) is 0 Å². The summed E-state index contributed by atoms with van der Waals surface area (Å²) in [7, 11) is -1.86. The monoisotopic (exact) mass is 369 g/mol. The summed E-state index contributed by atoms with van der Waals surface area (Å²) < 4.78 is 37.6. The van der Waals surface area contributed by atoms with Gasteiger partial charge < -0.3 is 9.47 Å². The fourth-order valence-corrected chi connectivity index (χ4v) is 3.60. The molecule has 0 amide bonds. The van der Waals surface area contributed by atoms with Gasteiger partial charge in [0.2, 0.25) is 10.0 Å². The Hall–Kier alpha value is -1.76. The lowest BCUT2D eigenvalue weighted by molar-refractivity contribution is 0.287. The van der Waals surface area contributed by atoms with E-state index in [0.29, 0.717) is 16.3 Å². The lowest BCUT2D eigenvalue weighted by atomic mass is 10.2. The molecule has 24 heavy (non-hydrogen) atoms. The van der Waals surface area contributed by atoms with Gasteiger partial charge in [-0.3, -0.25) is 0 Å². The summed E-state index contributed by atoms with van der Waals surface area (Å²) >= 11 is 5.80. The van der Waals surface area contributed by atoms with Gasteiger partial charge in [0.25, 0.3) is 0 Å². The number of sulfonamides is 1. The first-order valence-electron chi connectivity index (χ1n) is 7.39. The molecular formula is C17H20ClNO4S. The zero-order valence-corrected chi connectivity index (χ0v) is 15.1. The van der Waals surface area contributed by atoms with Crippen molar-refractivity contribution in [3.63, 3.8) is 0 Å². The third kappa shape index (κ3) is 6.03. The van der Waals surface area contributed by atoms with E-state index in [2.05, 4.69) is 4.72 Å². The standard InChI is InChI=1S/C17H20ClNO4S/c1-13(11-23-17-9-7-16(22-2)8-10-17)19-24(20,21)12-14-3-5-15(18)6-4-14/h3-10,13,19H,11-12H2,1-2H3. The van der Waals surface area contributed by atoms with Gasteiger partial charge in [0.05, 0.1) is 18.9 Å². The molecule has 0 aliphatic heterocycles. The van der Waals surface area contributed by atoms with E-state index in [1.165, 1.54) is 0 Å². The molecule has 5 nitrogen and oxygen atoms in total. The summed E-state index contributed by atoms with van der Waals surface area (Å²) in [5, 5.41) is 0.574. The molecule has 0 heterocycles. The molecule has 0 bridgehead atoms. The number of hydrogen-bond acceptors (Lipinski definition) is 4. The van der Waals surface area contributed by atoms with Crippen molar-refractivity contribution in [2.45, 2.75) is 18.7 Å².